The minimum Gasteiger partial charge on any atom is -0.324 e. The maximum Gasteiger partial charge on any atom is 0.270 e. The van der Waals surface area contributed by atoms with E-state index in [0.29, 0.717) is 22.7 Å². The SMILES string of the molecule is CN(CC(=O)Nc1ccc([N+](=O)[O-])cc1Br)C1CCCCCCC1. The predicted octanol–water partition coefficient (Wildman–Crippen LogP) is 4.34. The Morgan fingerprint density at radius 1 is 1.29 bits per heavy atom. The Morgan fingerprint density at radius 2 is 1.92 bits per heavy atom. The van der Waals surface area contributed by atoms with E-state index in [0.717, 1.165) is 12.8 Å². The minimum atomic E-state index is -0.460. The number of carbonyl (C=O) groups is 1. The minimum absolute atomic E-state index is 0.00786. The van der Waals surface area contributed by atoms with Crippen molar-refractivity contribution >= 4 is 33.2 Å². The van der Waals surface area contributed by atoms with E-state index in [-0.39, 0.29) is 11.6 Å². The van der Waals surface area contributed by atoms with E-state index in [1.807, 2.05) is 7.05 Å². The Morgan fingerprint density at radius 3 is 2.50 bits per heavy atom. The Kier molecular flexibility index (Phi) is 7.17. The lowest BCUT2D eigenvalue weighted by Crippen LogP contribution is -2.38. The van der Waals surface area contributed by atoms with Gasteiger partial charge in [0.05, 0.1) is 17.2 Å². The molecule has 7 heteroatoms. The summed E-state index contributed by atoms with van der Waals surface area (Å²) in [5, 5.41) is 13.6. The molecule has 24 heavy (non-hydrogen) atoms. The van der Waals surface area contributed by atoms with E-state index in [4.69, 9.17) is 0 Å². The third kappa shape index (κ3) is 5.56. The van der Waals surface area contributed by atoms with Gasteiger partial charge in [0.15, 0.2) is 0 Å². The first-order valence-corrected chi connectivity index (χ1v) is 9.20. The Labute approximate surface area is 150 Å². The molecule has 0 aliphatic heterocycles. The summed E-state index contributed by atoms with van der Waals surface area (Å²) in [5.41, 5.74) is 0.545. The number of non-ortho nitro benzene ring substituents is 1. The number of nitro benzene ring substituents is 1. The molecule has 6 nitrogen and oxygen atoms in total. The summed E-state index contributed by atoms with van der Waals surface area (Å²) in [7, 11) is 2.00. The maximum absolute atomic E-state index is 12.3. The van der Waals surface area contributed by atoms with Crippen molar-refractivity contribution in [3.05, 3.63) is 32.8 Å². The van der Waals surface area contributed by atoms with Crippen molar-refractivity contribution < 1.29 is 9.72 Å². The van der Waals surface area contributed by atoms with Crippen molar-refractivity contribution in [1.29, 1.82) is 0 Å². The van der Waals surface area contributed by atoms with E-state index in [1.165, 1.54) is 44.2 Å². The number of carbonyl (C=O) groups excluding carboxylic acids is 1. The molecule has 1 aromatic rings. The first kappa shape index (κ1) is 18.9. The zero-order chi connectivity index (χ0) is 17.5. The summed E-state index contributed by atoms with van der Waals surface area (Å²) in [4.78, 5) is 24.7. The summed E-state index contributed by atoms with van der Waals surface area (Å²) < 4.78 is 0.513. The third-order valence-corrected chi connectivity index (χ3v) is 5.18. The summed E-state index contributed by atoms with van der Waals surface area (Å²) in [5.74, 6) is -0.103. The van der Waals surface area contributed by atoms with Crippen LogP contribution in [0.3, 0.4) is 0 Å². The van der Waals surface area contributed by atoms with Crippen molar-refractivity contribution in [3.63, 3.8) is 0 Å². The molecular formula is C17H24BrN3O3. The summed E-state index contributed by atoms with van der Waals surface area (Å²) >= 11 is 3.27. The number of likely N-dealkylation sites (N-methyl/N-ethyl adjacent to an activating group) is 1. The summed E-state index contributed by atoms with van der Waals surface area (Å²) in [6, 6.07) is 4.79. The van der Waals surface area contributed by atoms with Crippen LogP contribution in [-0.4, -0.2) is 35.4 Å². The zero-order valence-corrected chi connectivity index (χ0v) is 15.5. The number of hydrogen-bond donors (Lipinski definition) is 1. The molecule has 1 fully saturated rings. The third-order valence-electron chi connectivity index (χ3n) is 4.53. The van der Waals surface area contributed by atoms with Crippen LogP contribution in [0.5, 0.6) is 0 Å². The molecule has 0 spiro atoms. The van der Waals surface area contributed by atoms with Gasteiger partial charge >= 0.3 is 0 Å². The average molecular weight is 398 g/mol. The molecular weight excluding hydrogens is 374 g/mol. The van der Waals surface area contributed by atoms with Crippen molar-refractivity contribution in [2.24, 2.45) is 0 Å². The number of benzene rings is 1. The van der Waals surface area contributed by atoms with Gasteiger partial charge in [0.2, 0.25) is 5.91 Å². The van der Waals surface area contributed by atoms with Gasteiger partial charge in [-0.1, -0.05) is 32.1 Å². The lowest BCUT2D eigenvalue weighted by atomic mass is 9.96. The molecule has 0 heterocycles. The molecule has 1 aliphatic rings. The normalized spacial score (nSPS) is 16.5. The number of anilines is 1. The van der Waals surface area contributed by atoms with Crippen molar-refractivity contribution in [1.82, 2.24) is 4.90 Å². The lowest BCUT2D eigenvalue weighted by molar-refractivity contribution is -0.384. The van der Waals surface area contributed by atoms with Crippen molar-refractivity contribution in [3.8, 4) is 0 Å². The smallest absolute Gasteiger partial charge is 0.270 e. The summed E-state index contributed by atoms with van der Waals surface area (Å²) in [6.45, 7) is 0.327. The molecule has 1 aromatic carbocycles. The van der Waals surface area contributed by atoms with Gasteiger partial charge in [-0.25, -0.2) is 0 Å². The van der Waals surface area contributed by atoms with Crippen LogP contribution >= 0.6 is 15.9 Å². The molecule has 1 aliphatic carbocycles. The number of halogens is 1. The highest BCUT2D eigenvalue weighted by Gasteiger charge is 2.19. The van der Waals surface area contributed by atoms with E-state index in [9.17, 15) is 14.9 Å². The highest BCUT2D eigenvalue weighted by Crippen LogP contribution is 2.27. The first-order chi connectivity index (χ1) is 11.5. The quantitative estimate of drug-likeness (QED) is 0.591. The van der Waals surface area contributed by atoms with Crippen LogP contribution in [0.25, 0.3) is 0 Å². The number of hydrogen-bond acceptors (Lipinski definition) is 4. The van der Waals surface area contributed by atoms with Crippen LogP contribution in [0.15, 0.2) is 22.7 Å². The fourth-order valence-corrected chi connectivity index (χ4v) is 3.61. The van der Waals surface area contributed by atoms with Crippen molar-refractivity contribution in [2.75, 3.05) is 18.9 Å². The standard InChI is InChI=1S/C17H24BrN3O3/c1-20(13-7-5-3-2-4-6-8-13)12-17(22)19-16-10-9-14(21(23)24)11-15(16)18/h9-11,13H,2-8,12H2,1H3,(H,19,22). The second kappa shape index (κ2) is 9.13. The Balaban J connectivity index is 1.91. The average Bonchev–Trinajstić information content (AvgIpc) is 2.48. The highest BCUT2D eigenvalue weighted by atomic mass is 79.9. The van der Waals surface area contributed by atoms with Crippen LogP contribution in [0.4, 0.5) is 11.4 Å². The molecule has 0 aromatic heterocycles. The highest BCUT2D eigenvalue weighted by molar-refractivity contribution is 9.10. The van der Waals surface area contributed by atoms with Crippen molar-refractivity contribution in [2.45, 2.75) is 51.0 Å². The van der Waals surface area contributed by atoms with Crippen LogP contribution in [0.2, 0.25) is 0 Å². The molecule has 0 bridgehead atoms. The first-order valence-electron chi connectivity index (χ1n) is 8.41. The molecule has 132 valence electrons. The van der Waals surface area contributed by atoms with Gasteiger partial charge in [0, 0.05) is 22.6 Å². The molecule has 0 radical (unpaired) electrons. The Hall–Kier alpha value is -1.47. The number of nitrogens with zero attached hydrogens (tertiary/aromatic N) is 2. The number of rotatable bonds is 5. The monoisotopic (exact) mass is 397 g/mol. The molecule has 0 atom stereocenters. The molecule has 0 unspecified atom stereocenters. The van der Waals surface area contributed by atoms with Crippen LogP contribution < -0.4 is 5.32 Å². The zero-order valence-electron chi connectivity index (χ0n) is 14.0. The molecule has 1 amide bonds. The molecule has 2 rings (SSSR count). The lowest BCUT2D eigenvalue weighted by Gasteiger charge is -2.29. The Bertz CT molecular complexity index is 586. The number of amides is 1. The molecule has 1 N–H and O–H groups in total. The van der Waals surface area contributed by atoms with Gasteiger partial charge < -0.3 is 5.32 Å². The van der Waals surface area contributed by atoms with Crippen LogP contribution in [-0.2, 0) is 4.79 Å². The van der Waals surface area contributed by atoms with Crippen LogP contribution in [0.1, 0.15) is 44.9 Å². The molecule has 0 saturated heterocycles. The molecule has 1 saturated carbocycles. The van der Waals surface area contributed by atoms with Gasteiger partial charge in [0.1, 0.15) is 0 Å². The van der Waals surface area contributed by atoms with E-state index < -0.39 is 4.92 Å². The predicted molar refractivity (Wildman–Crippen MR) is 98.2 cm³/mol. The van der Waals surface area contributed by atoms with E-state index >= 15 is 0 Å². The second-order valence-corrected chi connectivity index (χ2v) is 7.24. The number of nitrogens with one attached hydrogen (secondary N) is 1. The van der Waals surface area contributed by atoms with E-state index in [2.05, 4.69) is 26.1 Å². The van der Waals surface area contributed by atoms with Gasteiger partial charge in [-0.3, -0.25) is 19.8 Å². The fourth-order valence-electron chi connectivity index (χ4n) is 3.14. The number of nitro groups is 1. The van der Waals surface area contributed by atoms with Gasteiger partial charge in [-0.15, -0.1) is 0 Å². The van der Waals surface area contributed by atoms with Crippen LogP contribution in [0, 0.1) is 10.1 Å². The fraction of sp³-hybridized carbons (Fsp3) is 0.588. The summed E-state index contributed by atoms with van der Waals surface area (Å²) in [6.07, 6.45) is 8.63. The van der Waals surface area contributed by atoms with Gasteiger partial charge in [0.25, 0.3) is 5.69 Å². The van der Waals surface area contributed by atoms with E-state index in [1.54, 1.807) is 6.07 Å². The maximum atomic E-state index is 12.3. The van der Waals surface area contributed by atoms with Gasteiger partial charge in [-0.05, 0) is 41.9 Å². The second-order valence-electron chi connectivity index (χ2n) is 6.38. The topological polar surface area (TPSA) is 75.5 Å². The largest absolute Gasteiger partial charge is 0.324 e. The van der Waals surface area contributed by atoms with Gasteiger partial charge in [-0.2, -0.15) is 0 Å².